The molecule has 0 bridgehead atoms. The highest BCUT2D eigenvalue weighted by Crippen LogP contribution is 2.29. The Hall–Kier alpha value is -2.82. The number of thioether (sulfide) groups is 1. The molecule has 1 unspecified atom stereocenters. The van der Waals surface area contributed by atoms with Crippen molar-refractivity contribution in [2.75, 3.05) is 25.7 Å². The SMILES string of the molecule is COCC(C)Oc1cc(Oc2ccc(S(C)(=O)=O)cc2)cc(C(=O)NC2=NC(C)=CSC2)c1. The summed E-state index contributed by atoms with van der Waals surface area (Å²) in [5.41, 5.74) is 1.16. The van der Waals surface area contributed by atoms with Crippen LogP contribution in [0.15, 0.2) is 63.5 Å². The lowest BCUT2D eigenvalue weighted by Gasteiger charge is -2.17. The molecule has 1 N–H and O–H groups in total. The van der Waals surface area contributed by atoms with Crippen molar-refractivity contribution in [3.8, 4) is 17.2 Å². The molecule has 1 amide bonds. The Bertz CT molecular complexity index is 1170. The van der Waals surface area contributed by atoms with Gasteiger partial charge in [-0.1, -0.05) is 0 Å². The maximum absolute atomic E-state index is 12.9. The summed E-state index contributed by atoms with van der Waals surface area (Å²) in [6, 6.07) is 10.9. The van der Waals surface area contributed by atoms with E-state index in [1.807, 2.05) is 19.3 Å². The molecule has 10 heteroatoms. The van der Waals surface area contributed by atoms with E-state index in [9.17, 15) is 13.2 Å². The van der Waals surface area contributed by atoms with Crippen LogP contribution in [0.4, 0.5) is 0 Å². The van der Waals surface area contributed by atoms with Gasteiger partial charge < -0.3 is 19.5 Å². The summed E-state index contributed by atoms with van der Waals surface area (Å²) in [4.78, 5) is 17.5. The average Bonchev–Trinajstić information content (AvgIpc) is 2.73. The van der Waals surface area contributed by atoms with Crippen molar-refractivity contribution in [2.45, 2.75) is 24.8 Å². The molecule has 1 aliphatic heterocycles. The van der Waals surface area contributed by atoms with Crippen LogP contribution in [0.1, 0.15) is 24.2 Å². The van der Waals surface area contributed by atoms with Gasteiger partial charge in [-0.25, -0.2) is 13.4 Å². The number of ether oxygens (including phenoxy) is 3. The minimum Gasteiger partial charge on any atom is -0.488 e. The Morgan fingerprint density at radius 1 is 1.15 bits per heavy atom. The van der Waals surface area contributed by atoms with Crippen LogP contribution in [0.3, 0.4) is 0 Å². The molecule has 1 atom stereocenters. The van der Waals surface area contributed by atoms with Crippen molar-refractivity contribution < 1.29 is 27.4 Å². The van der Waals surface area contributed by atoms with Crippen LogP contribution in [0, 0.1) is 0 Å². The molecule has 0 spiro atoms. The minimum atomic E-state index is -3.31. The second kappa shape index (κ2) is 10.9. The normalized spacial score (nSPS) is 14.7. The van der Waals surface area contributed by atoms with E-state index < -0.39 is 9.84 Å². The molecule has 33 heavy (non-hydrogen) atoms. The number of amides is 1. The predicted octanol–water partition coefficient (Wildman–Crippen LogP) is 4.03. The number of carbonyl (C=O) groups excluding carboxylic acids is 1. The molecule has 0 fully saturated rings. The summed E-state index contributed by atoms with van der Waals surface area (Å²) in [5, 5.41) is 4.77. The Morgan fingerprint density at radius 2 is 1.85 bits per heavy atom. The van der Waals surface area contributed by atoms with E-state index in [1.165, 1.54) is 12.1 Å². The number of hydrogen-bond acceptors (Lipinski definition) is 8. The highest BCUT2D eigenvalue weighted by Gasteiger charge is 2.16. The Kier molecular flexibility index (Phi) is 8.17. The molecular weight excluding hydrogens is 464 g/mol. The Labute approximate surface area is 198 Å². The third-order valence-corrected chi connectivity index (χ3v) is 6.49. The number of rotatable bonds is 8. The standard InChI is InChI=1S/C23H26N2O6S2/c1-15-13-32-14-22(24-15)25-23(26)17-9-19(30-16(2)12-29-3)11-20(10-17)31-18-5-7-21(8-6-18)33(4,27)28/h5-11,13,16H,12,14H2,1-4H3,(H,24,25,26). The van der Waals surface area contributed by atoms with E-state index in [1.54, 1.807) is 49.2 Å². The first kappa shape index (κ1) is 24.8. The van der Waals surface area contributed by atoms with E-state index in [0.29, 0.717) is 41.0 Å². The maximum atomic E-state index is 12.9. The summed E-state index contributed by atoms with van der Waals surface area (Å²) < 4.78 is 40.3. The summed E-state index contributed by atoms with van der Waals surface area (Å²) in [7, 11) is -1.73. The van der Waals surface area contributed by atoms with E-state index in [0.717, 1.165) is 12.0 Å². The topological polar surface area (TPSA) is 103 Å². The van der Waals surface area contributed by atoms with Gasteiger partial charge >= 0.3 is 0 Å². The average molecular weight is 491 g/mol. The fourth-order valence-electron chi connectivity index (χ4n) is 3.00. The predicted molar refractivity (Wildman–Crippen MR) is 129 cm³/mol. The van der Waals surface area contributed by atoms with Gasteiger partial charge in [0.15, 0.2) is 9.84 Å². The van der Waals surface area contributed by atoms with Gasteiger partial charge in [-0.15, -0.1) is 11.8 Å². The molecule has 0 saturated heterocycles. The molecule has 0 saturated carbocycles. The van der Waals surface area contributed by atoms with Crippen LogP contribution < -0.4 is 14.8 Å². The lowest BCUT2D eigenvalue weighted by molar-refractivity contribution is 0.0913. The first-order valence-electron chi connectivity index (χ1n) is 10.1. The summed E-state index contributed by atoms with van der Waals surface area (Å²) in [5.74, 6) is 2.02. The molecule has 3 rings (SSSR count). The zero-order valence-electron chi connectivity index (χ0n) is 18.8. The number of aliphatic imine (C=N–C) groups is 1. The first-order chi connectivity index (χ1) is 15.6. The second-order valence-corrected chi connectivity index (χ2v) is 10.4. The van der Waals surface area contributed by atoms with Gasteiger partial charge in [-0.05, 0) is 55.7 Å². The molecular formula is C23H26N2O6S2. The van der Waals surface area contributed by atoms with Gasteiger partial charge in [0.1, 0.15) is 29.2 Å². The molecule has 1 heterocycles. The van der Waals surface area contributed by atoms with Crippen LogP contribution in [0.25, 0.3) is 0 Å². The number of hydrogen-bond donors (Lipinski definition) is 1. The molecule has 1 aliphatic rings. The van der Waals surface area contributed by atoms with Crippen molar-refractivity contribution in [1.82, 2.24) is 5.32 Å². The van der Waals surface area contributed by atoms with E-state index in [2.05, 4.69) is 10.3 Å². The van der Waals surface area contributed by atoms with Gasteiger partial charge in [-0.2, -0.15) is 0 Å². The number of allylic oxidation sites excluding steroid dienone is 1. The van der Waals surface area contributed by atoms with E-state index >= 15 is 0 Å². The third kappa shape index (κ3) is 7.34. The molecule has 0 aliphatic carbocycles. The highest BCUT2D eigenvalue weighted by molar-refractivity contribution is 8.02. The number of carbonyl (C=O) groups is 1. The van der Waals surface area contributed by atoms with Gasteiger partial charge in [0.25, 0.3) is 5.91 Å². The lowest BCUT2D eigenvalue weighted by atomic mass is 10.2. The van der Waals surface area contributed by atoms with Crippen LogP contribution >= 0.6 is 11.8 Å². The largest absolute Gasteiger partial charge is 0.488 e. The molecule has 2 aromatic carbocycles. The number of benzene rings is 2. The number of nitrogens with one attached hydrogen (secondary N) is 1. The summed E-state index contributed by atoms with van der Waals surface area (Å²) in [6.45, 7) is 4.09. The van der Waals surface area contributed by atoms with E-state index in [-0.39, 0.29) is 16.9 Å². The zero-order chi connectivity index (χ0) is 24.0. The van der Waals surface area contributed by atoms with Gasteiger partial charge in [0.2, 0.25) is 0 Å². The first-order valence-corrected chi connectivity index (χ1v) is 13.0. The van der Waals surface area contributed by atoms with Crippen molar-refractivity contribution in [2.24, 2.45) is 4.99 Å². The lowest BCUT2D eigenvalue weighted by Crippen LogP contribution is -2.33. The molecule has 176 valence electrons. The van der Waals surface area contributed by atoms with Crippen LogP contribution in [-0.4, -0.2) is 52.0 Å². The van der Waals surface area contributed by atoms with Crippen molar-refractivity contribution in [1.29, 1.82) is 0 Å². The smallest absolute Gasteiger partial charge is 0.256 e. The van der Waals surface area contributed by atoms with Crippen molar-refractivity contribution >= 4 is 33.3 Å². The quantitative estimate of drug-likeness (QED) is 0.596. The highest BCUT2D eigenvalue weighted by atomic mass is 32.2. The van der Waals surface area contributed by atoms with Crippen LogP contribution in [0.2, 0.25) is 0 Å². The fraction of sp³-hybridized carbons (Fsp3) is 0.304. The number of nitrogens with zero attached hydrogens (tertiary/aromatic N) is 1. The van der Waals surface area contributed by atoms with Crippen LogP contribution in [0.5, 0.6) is 17.2 Å². The number of sulfone groups is 1. The summed E-state index contributed by atoms with van der Waals surface area (Å²) >= 11 is 1.56. The Balaban J connectivity index is 1.87. The Morgan fingerprint density at radius 3 is 2.48 bits per heavy atom. The van der Waals surface area contributed by atoms with Gasteiger partial charge in [0.05, 0.1) is 17.3 Å². The number of amidine groups is 1. The molecule has 0 radical (unpaired) electrons. The van der Waals surface area contributed by atoms with Gasteiger partial charge in [-0.3, -0.25) is 4.79 Å². The summed E-state index contributed by atoms with van der Waals surface area (Å²) in [6.07, 6.45) is 0.893. The zero-order valence-corrected chi connectivity index (χ0v) is 20.5. The fourth-order valence-corrected chi connectivity index (χ4v) is 4.30. The van der Waals surface area contributed by atoms with E-state index in [4.69, 9.17) is 14.2 Å². The third-order valence-electron chi connectivity index (χ3n) is 4.41. The van der Waals surface area contributed by atoms with Crippen molar-refractivity contribution in [3.63, 3.8) is 0 Å². The molecule has 0 aromatic heterocycles. The second-order valence-electron chi connectivity index (χ2n) is 7.51. The maximum Gasteiger partial charge on any atom is 0.256 e. The molecule has 8 nitrogen and oxygen atoms in total. The van der Waals surface area contributed by atoms with Gasteiger partial charge in [0, 0.05) is 30.7 Å². The van der Waals surface area contributed by atoms with Crippen molar-refractivity contribution in [3.05, 3.63) is 59.1 Å². The monoisotopic (exact) mass is 490 g/mol. The minimum absolute atomic E-state index is 0.191. The molecule has 2 aromatic rings. The van der Waals surface area contributed by atoms with Crippen LogP contribution in [-0.2, 0) is 14.6 Å². The number of methoxy groups -OCH3 is 1.